The molecule has 122 valence electrons. The van der Waals surface area contributed by atoms with Gasteiger partial charge in [-0.3, -0.25) is 0 Å². The third-order valence-corrected chi connectivity index (χ3v) is 4.46. The molecule has 0 saturated carbocycles. The van der Waals surface area contributed by atoms with E-state index in [2.05, 4.69) is 55.1 Å². The highest BCUT2D eigenvalue weighted by Crippen LogP contribution is 2.33. The van der Waals surface area contributed by atoms with Gasteiger partial charge in [0.1, 0.15) is 5.65 Å². The highest BCUT2D eigenvalue weighted by Gasteiger charge is 2.14. The van der Waals surface area contributed by atoms with Gasteiger partial charge in [0.2, 0.25) is 11.7 Å². The molecule has 0 radical (unpaired) electrons. The fourth-order valence-corrected chi connectivity index (χ4v) is 3.27. The van der Waals surface area contributed by atoms with Gasteiger partial charge in [-0.2, -0.15) is 4.98 Å². The summed E-state index contributed by atoms with van der Waals surface area (Å²) < 4.78 is 7.23. The predicted octanol–water partition coefficient (Wildman–Crippen LogP) is 4.08. The maximum atomic E-state index is 5.11. The van der Waals surface area contributed by atoms with Crippen LogP contribution in [-0.2, 0) is 7.05 Å². The lowest BCUT2D eigenvalue weighted by atomic mass is 10.1. The van der Waals surface area contributed by atoms with Crippen LogP contribution in [-0.4, -0.2) is 24.7 Å². The number of aromatic amines is 1. The Bertz CT molecular complexity index is 1190. The molecule has 4 aromatic heterocycles. The number of hydrogen-bond donors (Lipinski definition) is 1. The smallest absolute Gasteiger partial charge is 0.223 e. The topological polar surface area (TPSA) is 72.5 Å². The summed E-state index contributed by atoms with van der Waals surface area (Å²) in [6.07, 6.45) is 3.92. The van der Waals surface area contributed by atoms with Gasteiger partial charge in [0.05, 0.1) is 0 Å². The van der Waals surface area contributed by atoms with Crippen LogP contribution in [0.5, 0.6) is 0 Å². The minimum Gasteiger partial charge on any atom is -0.350 e. The van der Waals surface area contributed by atoms with E-state index >= 15 is 0 Å². The predicted molar refractivity (Wildman–Crippen MR) is 96.0 cm³/mol. The monoisotopic (exact) mass is 329 g/mol. The van der Waals surface area contributed by atoms with Gasteiger partial charge in [-0.15, -0.1) is 0 Å². The highest BCUT2D eigenvalue weighted by atomic mass is 16.5. The third-order valence-electron chi connectivity index (χ3n) is 4.46. The van der Waals surface area contributed by atoms with Gasteiger partial charge >= 0.3 is 0 Å². The van der Waals surface area contributed by atoms with E-state index < -0.39 is 0 Å². The lowest BCUT2D eigenvalue weighted by Crippen LogP contribution is -1.85. The average Bonchev–Trinajstić information content (AvgIpc) is 3.31. The summed E-state index contributed by atoms with van der Waals surface area (Å²) in [5.41, 5.74) is 5.13. The number of benzene rings is 1. The van der Waals surface area contributed by atoms with E-state index in [1.165, 1.54) is 0 Å². The van der Waals surface area contributed by atoms with E-state index in [1.54, 1.807) is 13.1 Å². The molecule has 1 aromatic carbocycles. The molecule has 0 unspecified atom stereocenters. The van der Waals surface area contributed by atoms with Gasteiger partial charge in [0, 0.05) is 59.5 Å². The first-order valence-corrected chi connectivity index (χ1v) is 8.03. The van der Waals surface area contributed by atoms with Crippen LogP contribution in [0, 0.1) is 6.92 Å². The van der Waals surface area contributed by atoms with Crippen LogP contribution in [0.1, 0.15) is 5.89 Å². The Morgan fingerprint density at radius 3 is 2.88 bits per heavy atom. The van der Waals surface area contributed by atoms with Gasteiger partial charge in [-0.05, 0) is 36.4 Å². The second kappa shape index (κ2) is 5.04. The molecule has 0 bridgehead atoms. The van der Waals surface area contributed by atoms with E-state index in [9.17, 15) is 0 Å². The summed E-state index contributed by atoms with van der Waals surface area (Å²) in [5.74, 6) is 1.16. The van der Waals surface area contributed by atoms with Gasteiger partial charge in [-0.25, -0.2) is 4.98 Å². The molecule has 6 heteroatoms. The Kier molecular flexibility index (Phi) is 2.82. The summed E-state index contributed by atoms with van der Waals surface area (Å²) in [6.45, 7) is 1.79. The maximum absolute atomic E-state index is 5.11. The summed E-state index contributed by atoms with van der Waals surface area (Å²) in [4.78, 5) is 12.1. The minimum absolute atomic E-state index is 0.560. The van der Waals surface area contributed by atoms with Crippen molar-refractivity contribution in [2.75, 3.05) is 0 Å². The number of nitrogens with zero attached hydrogens (tertiary/aromatic N) is 4. The molecular weight excluding hydrogens is 314 g/mol. The van der Waals surface area contributed by atoms with Crippen molar-refractivity contribution in [3.05, 3.63) is 54.7 Å². The lowest BCUT2D eigenvalue weighted by Gasteiger charge is -1.99. The van der Waals surface area contributed by atoms with Crippen LogP contribution in [0.3, 0.4) is 0 Å². The maximum Gasteiger partial charge on any atom is 0.223 e. The molecule has 5 rings (SSSR count). The molecule has 0 aliphatic rings. The number of rotatable bonds is 2. The minimum atomic E-state index is 0.560. The Hall–Kier alpha value is -3.41. The van der Waals surface area contributed by atoms with E-state index in [0.29, 0.717) is 11.7 Å². The fourth-order valence-electron chi connectivity index (χ4n) is 3.27. The van der Waals surface area contributed by atoms with Crippen molar-refractivity contribution in [2.24, 2.45) is 7.05 Å². The summed E-state index contributed by atoms with van der Waals surface area (Å²) >= 11 is 0. The van der Waals surface area contributed by atoms with Crippen molar-refractivity contribution in [1.29, 1.82) is 0 Å². The fraction of sp³-hybridized carbons (Fsp3) is 0.105. The van der Waals surface area contributed by atoms with E-state index in [1.807, 2.05) is 19.2 Å². The number of hydrogen-bond acceptors (Lipinski definition) is 4. The Balaban J connectivity index is 1.74. The first-order valence-electron chi connectivity index (χ1n) is 8.03. The van der Waals surface area contributed by atoms with E-state index in [-0.39, 0.29) is 0 Å². The van der Waals surface area contributed by atoms with Crippen molar-refractivity contribution < 1.29 is 4.52 Å². The third kappa shape index (κ3) is 2.15. The van der Waals surface area contributed by atoms with Gasteiger partial charge < -0.3 is 14.1 Å². The number of aromatic nitrogens is 5. The van der Waals surface area contributed by atoms with Crippen LogP contribution >= 0.6 is 0 Å². The second-order valence-electron chi connectivity index (χ2n) is 6.15. The van der Waals surface area contributed by atoms with Crippen molar-refractivity contribution >= 4 is 21.9 Å². The first kappa shape index (κ1) is 14.0. The molecule has 0 fully saturated rings. The summed E-state index contributed by atoms with van der Waals surface area (Å²) in [5, 5.41) is 6.26. The van der Waals surface area contributed by atoms with Crippen LogP contribution in [0.2, 0.25) is 0 Å². The van der Waals surface area contributed by atoms with Crippen molar-refractivity contribution in [2.45, 2.75) is 6.92 Å². The molecule has 4 heterocycles. The molecule has 1 N–H and O–H groups in total. The zero-order valence-electron chi connectivity index (χ0n) is 13.8. The molecule has 0 aliphatic carbocycles. The quantitative estimate of drug-likeness (QED) is 0.529. The Morgan fingerprint density at radius 2 is 2.08 bits per heavy atom. The number of H-pyrrole nitrogens is 1. The second-order valence-corrected chi connectivity index (χ2v) is 6.15. The number of pyridine rings is 1. The van der Waals surface area contributed by atoms with Gasteiger partial charge in [0.15, 0.2) is 0 Å². The highest BCUT2D eigenvalue weighted by molar-refractivity contribution is 5.99. The molecular formula is C19H15N5O. The Labute approximate surface area is 143 Å². The lowest BCUT2D eigenvalue weighted by molar-refractivity contribution is 0.394. The molecule has 0 amide bonds. The van der Waals surface area contributed by atoms with Gasteiger partial charge in [-0.1, -0.05) is 5.16 Å². The van der Waals surface area contributed by atoms with E-state index in [0.717, 1.165) is 38.8 Å². The Morgan fingerprint density at radius 1 is 1.16 bits per heavy atom. The van der Waals surface area contributed by atoms with Crippen molar-refractivity contribution in [3.63, 3.8) is 0 Å². The molecule has 5 aromatic rings. The zero-order valence-corrected chi connectivity index (χ0v) is 13.8. The molecule has 25 heavy (non-hydrogen) atoms. The number of nitrogens with one attached hydrogen (secondary N) is 1. The van der Waals surface area contributed by atoms with Crippen LogP contribution < -0.4 is 0 Å². The average molecular weight is 329 g/mol. The molecule has 0 saturated heterocycles. The van der Waals surface area contributed by atoms with E-state index in [4.69, 9.17) is 4.52 Å². The van der Waals surface area contributed by atoms with Crippen molar-refractivity contribution in [3.8, 4) is 22.6 Å². The number of aryl methyl sites for hydroxylation is 2. The standard InChI is InChI=1S/C19H15N5O/c1-11-21-19(23-25-11)13-5-6-17-14(8-13)15(10-24(17)2)16-9-12-4-3-7-20-18(12)22-16/h3-10H,1-2H3,(H,20,22). The first-order chi connectivity index (χ1) is 12.2. The van der Waals surface area contributed by atoms with Crippen LogP contribution in [0.25, 0.3) is 44.6 Å². The number of fused-ring (bicyclic) bond motifs is 2. The van der Waals surface area contributed by atoms with Crippen LogP contribution in [0.4, 0.5) is 0 Å². The molecule has 0 atom stereocenters. The normalized spacial score (nSPS) is 11.6. The van der Waals surface area contributed by atoms with Crippen LogP contribution in [0.15, 0.2) is 53.3 Å². The molecule has 0 aliphatic heterocycles. The summed E-state index contributed by atoms with van der Waals surface area (Å²) in [6, 6.07) is 12.3. The molecule has 0 spiro atoms. The van der Waals surface area contributed by atoms with Gasteiger partial charge in [0.25, 0.3) is 0 Å². The zero-order chi connectivity index (χ0) is 17.0. The largest absolute Gasteiger partial charge is 0.350 e. The SMILES string of the molecule is Cc1nc(-c2ccc3c(c2)c(-c2cc4cccnc4[nH]2)cn3C)no1. The van der Waals surface area contributed by atoms with Crippen molar-refractivity contribution in [1.82, 2.24) is 24.7 Å². The molecule has 6 nitrogen and oxygen atoms in total. The summed E-state index contributed by atoms with van der Waals surface area (Å²) in [7, 11) is 2.05.